The van der Waals surface area contributed by atoms with Crippen LogP contribution in [-0.4, -0.2) is 42.7 Å². The third-order valence-corrected chi connectivity index (χ3v) is 2.60. The molecule has 0 spiro atoms. The van der Waals surface area contributed by atoms with Gasteiger partial charge in [-0.05, 0) is 18.2 Å². The third-order valence-electron chi connectivity index (χ3n) is 2.11. The normalized spacial score (nSPS) is 10.1. The molecule has 1 aromatic rings. The van der Waals surface area contributed by atoms with Crippen molar-refractivity contribution >= 4 is 21.8 Å². The van der Waals surface area contributed by atoms with E-state index < -0.39 is 5.82 Å². The van der Waals surface area contributed by atoms with Gasteiger partial charge in [-0.2, -0.15) is 0 Å². The number of nitrogens with zero attached hydrogens (tertiary/aromatic N) is 1. The lowest BCUT2D eigenvalue weighted by atomic mass is 10.3. The fraction of sp³-hybridized carbons (Fsp3) is 0.364. The fourth-order valence-corrected chi connectivity index (χ4v) is 1.45. The van der Waals surface area contributed by atoms with E-state index in [4.69, 9.17) is 9.84 Å². The van der Waals surface area contributed by atoms with Gasteiger partial charge in [0.15, 0.2) is 18.2 Å². The van der Waals surface area contributed by atoms with Crippen molar-refractivity contribution in [2.24, 2.45) is 0 Å². The molecular formula is C11H13BrFNO3. The monoisotopic (exact) mass is 305 g/mol. The van der Waals surface area contributed by atoms with E-state index in [1.807, 2.05) is 0 Å². The topological polar surface area (TPSA) is 49.8 Å². The molecule has 0 aliphatic heterocycles. The molecule has 0 unspecified atom stereocenters. The highest BCUT2D eigenvalue weighted by Gasteiger charge is 2.10. The maximum atomic E-state index is 13.3. The van der Waals surface area contributed by atoms with E-state index in [1.165, 1.54) is 17.0 Å². The molecule has 0 aliphatic carbocycles. The number of halogens is 2. The average molecular weight is 306 g/mol. The molecule has 1 N–H and O–H groups in total. The number of rotatable bonds is 5. The summed E-state index contributed by atoms with van der Waals surface area (Å²) in [5.41, 5.74) is 0. The van der Waals surface area contributed by atoms with E-state index in [1.54, 1.807) is 13.1 Å². The predicted molar refractivity (Wildman–Crippen MR) is 64.3 cm³/mol. The molecule has 17 heavy (non-hydrogen) atoms. The van der Waals surface area contributed by atoms with Crippen molar-refractivity contribution in [3.05, 3.63) is 28.5 Å². The SMILES string of the molecule is CN(CCO)C(=O)COc1ccc(Br)cc1F. The summed E-state index contributed by atoms with van der Waals surface area (Å²) in [6, 6.07) is 4.33. The Bertz CT molecular complexity index is 400. The molecule has 0 saturated heterocycles. The fourth-order valence-electron chi connectivity index (χ4n) is 1.12. The van der Waals surface area contributed by atoms with Gasteiger partial charge in [-0.15, -0.1) is 0 Å². The van der Waals surface area contributed by atoms with Crippen molar-refractivity contribution in [2.45, 2.75) is 0 Å². The molecular weight excluding hydrogens is 293 g/mol. The van der Waals surface area contributed by atoms with Gasteiger partial charge in [0.1, 0.15) is 0 Å². The van der Waals surface area contributed by atoms with Gasteiger partial charge < -0.3 is 14.7 Å². The number of hydrogen-bond acceptors (Lipinski definition) is 3. The maximum Gasteiger partial charge on any atom is 0.260 e. The highest BCUT2D eigenvalue weighted by atomic mass is 79.9. The largest absolute Gasteiger partial charge is 0.481 e. The first-order chi connectivity index (χ1) is 8.04. The molecule has 6 heteroatoms. The van der Waals surface area contributed by atoms with Crippen LogP contribution in [0.25, 0.3) is 0 Å². The van der Waals surface area contributed by atoms with Crippen molar-refractivity contribution in [3.63, 3.8) is 0 Å². The number of aliphatic hydroxyl groups is 1. The Balaban J connectivity index is 2.53. The number of likely N-dealkylation sites (N-methyl/N-ethyl adjacent to an activating group) is 1. The second-order valence-corrected chi connectivity index (χ2v) is 4.32. The van der Waals surface area contributed by atoms with Crippen LogP contribution in [0.3, 0.4) is 0 Å². The lowest BCUT2D eigenvalue weighted by Crippen LogP contribution is -2.33. The summed E-state index contributed by atoms with van der Waals surface area (Å²) in [6.07, 6.45) is 0. The van der Waals surface area contributed by atoms with Crippen molar-refractivity contribution in [3.8, 4) is 5.75 Å². The highest BCUT2D eigenvalue weighted by molar-refractivity contribution is 9.10. The zero-order chi connectivity index (χ0) is 12.8. The number of carbonyl (C=O) groups is 1. The van der Waals surface area contributed by atoms with Crippen LogP contribution < -0.4 is 4.74 Å². The van der Waals surface area contributed by atoms with Crippen LogP contribution in [0.1, 0.15) is 0 Å². The van der Waals surface area contributed by atoms with Crippen LogP contribution in [0.5, 0.6) is 5.75 Å². The van der Waals surface area contributed by atoms with Crippen molar-refractivity contribution in [1.82, 2.24) is 4.90 Å². The molecule has 94 valence electrons. The number of ether oxygens (including phenoxy) is 1. The van der Waals surface area contributed by atoms with Crippen LogP contribution in [0, 0.1) is 5.82 Å². The molecule has 0 radical (unpaired) electrons. The van der Waals surface area contributed by atoms with Crippen molar-refractivity contribution in [1.29, 1.82) is 0 Å². The van der Waals surface area contributed by atoms with Gasteiger partial charge in [-0.25, -0.2) is 4.39 Å². The lowest BCUT2D eigenvalue weighted by molar-refractivity contribution is -0.132. The Morgan fingerprint density at radius 2 is 2.29 bits per heavy atom. The minimum absolute atomic E-state index is 0.0268. The van der Waals surface area contributed by atoms with Crippen LogP contribution in [0.4, 0.5) is 4.39 Å². The first-order valence-electron chi connectivity index (χ1n) is 4.97. The molecule has 4 nitrogen and oxygen atoms in total. The summed E-state index contributed by atoms with van der Waals surface area (Å²) in [6.45, 7) is -0.144. The minimum Gasteiger partial charge on any atom is -0.481 e. The summed E-state index contributed by atoms with van der Waals surface area (Å²) in [7, 11) is 1.54. The molecule has 0 heterocycles. The average Bonchev–Trinajstić information content (AvgIpc) is 2.27. The van der Waals surface area contributed by atoms with Gasteiger partial charge >= 0.3 is 0 Å². The Morgan fingerprint density at radius 3 is 2.88 bits per heavy atom. The number of amides is 1. The summed E-state index contributed by atoms with van der Waals surface area (Å²) in [5, 5.41) is 8.65. The molecule has 0 saturated carbocycles. The zero-order valence-electron chi connectivity index (χ0n) is 9.32. The van der Waals surface area contributed by atoms with E-state index >= 15 is 0 Å². The standard InChI is InChI=1S/C11H13BrFNO3/c1-14(4-5-15)11(16)7-17-10-3-2-8(12)6-9(10)13/h2-3,6,15H,4-5,7H2,1H3. The second kappa shape index (κ2) is 6.56. The van der Waals surface area contributed by atoms with Gasteiger partial charge in [0.05, 0.1) is 6.61 Å². The van der Waals surface area contributed by atoms with E-state index in [-0.39, 0.29) is 31.4 Å². The van der Waals surface area contributed by atoms with Gasteiger partial charge in [0, 0.05) is 18.1 Å². The van der Waals surface area contributed by atoms with Gasteiger partial charge in [-0.3, -0.25) is 4.79 Å². The minimum atomic E-state index is -0.531. The van der Waals surface area contributed by atoms with E-state index in [0.29, 0.717) is 4.47 Å². The quantitative estimate of drug-likeness (QED) is 0.895. The summed E-state index contributed by atoms with van der Waals surface area (Å²) in [5.74, 6) is -0.822. The Kier molecular flexibility index (Phi) is 5.37. The molecule has 1 rings (SSSR count). The summed E-state index contributed by atoms with van der Waals surface area (Å²) >= 11 is 3.12. The Hall–Kier alpha value is -1.14. The van der Waals surface area contributed by atoms with Crippen LogP contribution in [0.15, 0.2) is 22.7 Å². The molecule has 0 bridgehead atoms. The first-order valence-corrected chi connectivity index (χ1v) is 5.76. The van der Waals surface area contributed by atoms with Gasteiger partial charge in [0.25, 0.3) is 5.91 Å². The van der Waals surface area contributed by atoms with E-state index in [2.05, 4.69) is 15.9 Å². The molecule has 1 amide bonds. The number of hydrogen-bond donors (Lipinski definition) is 1. The van der Waals surface area contributed by atoms with E-state index in [9.17, 15) is 9.18 Å². The van der Waals surface area contributed by atoms with E-state index in [0.717, 1.165) is 0 Å². The third kappa shape index (κ3) is 4.32. The summed E-state index contributed by atoms with van der Waals surface area (Å²) in [4.78, 5) is 12.8. The Morgan fingerprint density at radius 1 is 1.59 bits per heavy atom. The maximum absolute atomic E-state index is 13.3. The number of benzene rings is 1. The van der Waals surface area contributed by atoms with Crippen LogP contribution >= 0.6 is 15.9 Å². The van der Waals surface area contributed by atoms with Crippen molar-refractivity contribution in [2.75, 3.05) is 26.8 Å². The Labute approximate surface area is 107 Å². The van der Waals surface area contributed by atoms with Gasteiger partial charge in [0.2, 0.25) is 0 Å². The van der Waals surface area contributed by atoms with Gasteiger partial charge in [-0.1, -0.05) is 15.9 Å². The lowest BCUT2D eigenvalue weighted by Gasteiger charge is -2.16. The van der Waals surface area contributed by atoms with Crippen LogP contribution in [0.2, 0.25) is 0 Å². The predicted octanol–water partition coefficient (Wildman–Crippen LogP) is 1.42. The van der Waals surface area contributed by atoms with Crippen LogP contribution in [-0.2, 0) is 4.79 Å². The molecule has 0 fully saturated rings. The summed E-state index contributed by atoms with van der Waals surface area (Å²) < 4.78 is 19.0. The molecule has 0 aliphatic rings. The molecule has 0 atom stereocenters. The molecule has 0 aromatic heterocycles. The number of aliphatic hydroxyl groups excluding tert-OH is 1. The smallest absolute Gasteiger partial charge is 0.260 e. The number of carbonyl (C=O) groups excluding carboxylic acids is 1. The second-order valence-electron chi connectivity index (χ2n) is 3.40. The van der Waals surface area contributed by atoms with Crippen molar-refractivity contribution < 1.29 is 19.0 Å². The first kappa shape index (κ1) is 13.9. The highest BCUT2D eigenvalue weighted by Crippen LogP contribution is 2.21. The molecule has 1 aromatic carbocycles. The zero-order valence-corrected chi connectivity index (χ0v) is 10.9.